The molecule has 0 N–H and O–H groups in total. The third-order valence-corrected chi connectivity index (χ3v) is 9.40. The summed E-state index contributed by atoms with van der Waals surface area (Å²) in [5, 5.41) is 0. The van der Waals surface area contributed by atoms with E-state index < -0.39 is 5.89 Å². The lowest BCUT2D eigenvalue weighted by atomic mass is 9.66. The largest absolute Gasteiger partial charge is 0.261 e. The molecule has 0 aliphatic heterocycles. The van der Waals surface area contributed by atoms with Crippen LogP contribution in [0.25, 0.3) is 22.4 Å². The highest BCUT2D eigenvalue weighted by Gasteiger charge is 2.37. The van der Waals surface area contributed by atoms with E-state index >= 15 is 0 Å². The molecule has 4 atom stereocenters. The zero-order valence-corrected chi connectivity index (χ0v) is 20.0. The molecule has 2 heterocycles. The highest BCUT2D eigenvalue weighted by Crippen LogP contribution is 2.50. The molecule has 0 spiro atoms. The van der Waals surface area contributed by atoms with E-state index in [9.17, 15) is 1.37 Å². The molecule has 4 aliphatic rings. The van der Waals surface area contributed by atoms with Crippen LogP contribution in [0.5, 0.6) is 0 Å². The summed E-state index contributed by atoms with van der Waals surface area (Å²) < 4.78 is 12.0. The molecule has 0 radical (unpaired) electrons. The molecule has 2 heteroatoms. The van der Waals surface area contributed by atoms with Gasteiger partial charge in [0.25, 0.3) is 0 Å². The summed E-state index contributed by atoms with van der Waals surface area (Å²) in [6.07, 6.45) is 15.0. The molecule has 7 rings (SSSR count). The van der Waals surface area contributed by atoms with Crippen LogP contribution in [0.15, 0.2) is 42.7 Å². The quantitative estimate of drug-likeness (QED) is 0.271. The third kappa shape index (κ3) is 3.06. The van der Waals surface area contributed by atoms with Crippen LogP contribution in [0.3, 0.4) is 0 Å². The van der Waals surface area contributed by atoms with Gasteiger partial charge in [-0.15, -0.1) is 0 Å². The Balaban J connectivity index is 1.51. The van der Waals surface area contributed by atoms with E-state index in [0.29, 0.717) is 11.8 Å². The Morgan fingerprint density at radius 2 is 1.76 bits per heavy atom. The van der Waals surface area contributed by atoms with E-state index in [0.717, 1.165) is 25.2 Å². The van der Waals surface area contributed by atoms with E-state index in [1.165, 1.54) is 88.9 Å². The SMILES string of the molecule is [2H]C12CCCC(C1)C1CCCC(C1)c1nccc3c1Cc1c-3ccc(C)c1-c1cc2cc[n+]1C. The lowest BCUT2D eigenvalue weighted by molar-refractivity contribution is -0.660. The van der Waals surface area contributed by atoms with Crippen LogP contribution in [0, 0.1) is 18.8 Å². The fourth-order valence-electron chi connectivity index (χ4n) is 7.74. The first-order valence-corrected chi connectivity index (χ1v) is 13.1. The summed E-state index contributed by atoms with van der Waals surface area (Å²) >= 11 is 0. The number of hydrogen-bond acceptors (Lipinski definition) is 1. The Morgan fingerprint density at radius 3 is 2.67 bits per heavy atom. The second kappa shape index (κ2) is 7.52. The van der Waals surface area contributed by atoms with Gasteiger partial charge >= 0.3 is 0 Å². The van der Waals surface area contributed by atoms with Crippen molar-refractivity contribution in [3.8, 4) is 22.4 Å². The van der Waals surface area contributed by atoms with Gasteiger partial charge in [0, 0.05) is 37.7 Å². The molecule has 2 aromatic heterocycles. The van der Waals surface area contributed by atoms with Gasteiger partial charge in [-0.1, -0.05) is 37.8 Å². The molecule has 1 aromatic carbocycles. The van der Waals surface area contributed by atoms with Gasteiger partial charge < -0.3 is 0 Å². The van der Waals surface area contributed by atoms with Gasteiger partial charge in [-0.05, 0) is 89.8 Å². The van der Waals surface area contributed by atoms with E-state index in [2.05, 4.69) is 61.3 Å². The minimum atomic E-state index is -0.462. The number of aromatic nitrogens is 2. The molecule has 0 saturated heterocycles. The fourth-order valence-corrected chi connectivity index (χ4v) is 7.74. The summed E-state index contributed by atoms with van der Waals surface area (Å²) in [6, 6.07) is 11.5. The van der Waals surface area contributed by atoms with Crippen LogP contribution in [-0.4, -0.2) is 4.98 Å². The normalized spacial score (nSPS) is 29.9. The van der Waals surface area contributed by atoms with Crippen LogP contribution in [0.4, 0.5) is 0 Å². The monoisotopic (exact) mass is 436 g/mol. The van der Waals surface area contributed by atoms with Crippen molar-refractivity contribution in [1.29, 1.82) is 0 Å². The van der Waals surface area contributed by atoms with Crippen molar-refractivity contribution in [2.24, 2.45) is 18.9 Å². The predicted octanol–water partition coefficient (Wildman–Crippen LogP) is 7.01. The molecule has 4 unspecified atom stereocenters. The molecule has 2 saturated carbocycles. The van der Waals surface area contributed by atoms with Gasteiger partial charge in [-0.25, -0.2) is 4.57 Å². The Kier molecular flexibility index (Phi) is 4.30. The fraction of sp³-hybridized carbons (Fsp3) is 0.484. The summed E-state index contributed by atoms with van der Waals surface area (Å²) in [5.41, 5.74) is 12.3. The van der Waals surface area contributed by atoms with Gasteiger partial charge in [-0.2, -0.15) is 0 Å². The molecule has 8 bridgehead atoms. The van der Waals surface area contributed by atoms with Gasteiger partial charge in [0.2, 0.25) is 5.69 Å². The summed E-state index contributed by atoms with van der Waals surface area (Å²) in [7, 11) is 2.17. The predicted molar refractivity (Wildman–Crippen MR) is 133 cm³/mol. The molecular weight excluding hydrogens is 400 g/mol. The highest BCUT2D eigenvalue weighted by molar-refractivity contribution is 5.85. The summed E-state index contributed by atoms with van der Waals surface area (Å²) in [4.78, 5) is 5.06. The molecule has 3 aromatic rings. The number of nitrogens with zero attached hydrogens (tertiary/aromatic N) is 2. The van der Waals surface area contributed by atoms with Gasteiger partial charge in [0.1, 0.15) is 7.05 Å². The molecule has 2 nitrogen and oxygen atoms in total. The molecule has 0 amide bonds. The van der Waals surface area contributed by atoms with Crippen LogP contribution in [0.2, 0.25) is 0 Å². The van der Waals surface area contributed by atoms with Crippen molar-refractivity contribution >= 4 is 0 Å². The number of aryl methyl sites for hydroxylation is 2. The maximum atomic E-state index is 9.67. The summed E-state index contributed by atoms with van der Waals surface area (Å²) in [5.74, 6) is 1.52. The number of hydrogen-bond donors (Lipinski definition) is 0. The lowest BCUT2D eigenvalue weighted by Gasteiger charge is -2.39. The first-order chi connectivity index (χ1) is 16.5. The molecule has 2 fully saturated rings. The topological polar surface area (TPSA) is 16.8 Å². The standard InChI is InChI=1S/C31H35N2/c1-19-9-10-25-26-11-13-32-31-24-8-4-7-22(16-24)20-5-3-6-21(15-20)23-12-14-33(2)29(17-23)30(19)27(25)18-28(26)31/h9-14,17,20-22,24H,3-8,15-16,18H2,1-2H3/q+1/i21D. The smallest absolute Gasteiger partial charge is 0.213 e. The number of fused-ring (bicyclic) bond motifs is 11. The molecule has 168 valence electrons. The number of pyridine rings is 2. The van der Waals surface area contributed by atoms with Crippen LogP contribution >= 0.6 is 0 Å². The zero-order valence-electron chi connectivity index (χ0n) is 21.0. The minimum absolute atomic E-state index is 0.462. The van der Waals surface area contributed by atoms with Gasteiger partial charge in [0.15, 0.2) is 6.20 Å². The Morgan fingerprint density at radius 1 is 0.939 bits per heavy atom. The van der Waals surface area contributed by atoms with E-state index in [4.69, 9.17) is 4.98 Å². The van der Waals surface area contributed by atoms with Crippen molar-refractivity contribution in [2.75, 3.05) is 0 Å². The molecule has 33 heavy (non-hydrogen) atoms. The van der Waals surface area contributed by atoms with Crippen molar-refractivity contribution in [1.82, 2.24) is 4.98 Å². The average molecular weight is 437 g/mol. The maximum Gasteiger partial charge on any atom is 0.213 e. The van der Waals surface area contributed by atoms with Crippen LogP contribution in [0.1, 0.15) is 92.5 Å². The van der Waals surface area contributed by atoms with Crippen molar-refractivity contribution in [3.63, 3.8) is 0 Å². The first-order valence-electron chi connectivity index (χ1n) is 13.6. The van der Waals surface area contributed by atoms with Crippen molar-refractivity contribution in [3.05, 3.63) is 70.7 Å². The summed E-state index contributed by atoms with van der Waals surface area (Å²) in [6.45, 7) is 2.26. The Hall–Kier alpha value is -2.48. The highest BCUT2D eigenvalue weighted by atomic mass is 14.9. The second-order valence-electron chi connectivity index (χ2n) is 11.2. The van der Waals surface area contributed by atoms with Crippen molar-refractivity contribution in [2.45, 2.75) is 76.5 Å². The average Bonchev–Trinajstić information content (AvgIpc) is 3.23. The van der Waals surface area contributed by atoms with Crippen molar-refractivity contribution < 1.29 is 5.94 Å². The lowest BCUT2D eigenvalue weighted by Crippen LogP contribution is -2.32. The Labute approximate surface area is 199 Å². The molecular formula is C31H35N2+. The van der Waals surface area contributed by atoms with Crippen LogP contribution < -0.4 is 4.57 Å². The maximum absolute atomic E-state index is 9.67. The van der Waals surface area contributed by atoms with Crippen LogP contribution in [-0.2, 0) is 13.5 Å². The molecule has 4 aliphatic carbocycles. The van der Waals surface area contributed by atoms with E-state index in [1.54, 1.807) is 0 Å². The minimum Gasteiger partial charge on any atom is -0.261 e. The number of rotatable bonds is 0. The second-order valence-corrected chi connectivity index (χ2v) is 11.2. The van der Waals surface area contributed by atoms with Gasteiger partial charge in [-0.3, -0.25) is 4.98 Å². The Bertz CT molecular complexity index is 1310. The van der Waals surface area contributed by atoms with Gasteiger partial charge in [0.05, 0.1) is 5.56 Å². The zero-order chi connectivity index (χ0) is 23.0. The van der Waals surface area contributed by atoms with E-state index in [1.807, 2.05) is 0 Å². The number of benzene rings is 1. The first kappa shape index (κ1) is 18.9. The third-order valence-electron chi connectivity index (χ3n) is 9.40. The van der Waals surface area contributed by atoms with E-state index in [-0.39, 0.29) is 0 Å².